The maximum absolute atomic E-state index is 14.6. The van der Waals surface area contributed by atoms with Crippen molar-refractivity contribution in [2.45, 2.75) is 31.8 Å². The Hall–Kier alpha value is -1.80. The van der Waals surface area contributed by atoms with Gasteiger partial charge < -0.3 is 14.6 Å². The molecule has 136 valence electrons. The van der Waals surface area contributed by atoms with Crippen molar-refractivity contribution in [2.24, 2.45) is 0 Å². The van der Waals surface area contributed by atoms with E-state index in [0.29, 0.717) is 35.6 Å². The summed E-state index contributed by atoms with van der Waals surface area (Å²) in [6.45, 7) is 1.89. The summed E-state index contributed by atoms with van der Waals surface area (Å²) in [5, 5.41) is 2.61. The van der Waals surface area contributed by atoms with E-state index in [4.69, 9.17) is 4.74 Å². The number of nitrogens with one attached hydrogen (secondary N) is 1. The summed E-state index contributed by atoms with van der Waals surface area (Å²) in [5.41, 5.74) is 1.05. The molecule has 1 aromatic carbocycles. The number of carbonyl (C=O) groups excluding carboxylic acids is 2. The van der Waals surface area contributed by atoms with Crippen LogP contribution in [0.1, 0.15) is 31.2 Å². The van der Waals surface area contributed by atoms with Gasteiger partial charge in [-0.1, -0.05) is 17.2 Å². The first kappa shape index (κ1) is 18.0. The van der Waals surface area contributed by atoms with Crippen molar-refractivity contribution in [1.82, 2.24) is 5.32 Å². The van der Waals surface area contributed by atoms with Gasteiger partial charge in [-0.3, -0.25) is 9.69 Å². The third-order valence-corrected chi connectivity index (χ3v) is 5.96. The van der Waals surface area contributed by atoms with E-state index >= 15 is 0 Å². The van der Waals surface area contributed by atoms with Gasteiger partial charge in [-0.05, 0) is 36.5 Å². The summed E-state index contributed by atoms with van der Waals surface area (Å²) in [7, 11) is 0. The monoisotopic (exact) mass is 368 g/mol. The van der Waals surface area contributed by atoms with Gasteiger partial charge in [0.2, 0.25) is 5.91 Å². The molecule has 6 nitrogen and oxygen atoms in total. The van der Waals surface area contributed by atoms with Crippen molar-refractivity contribution >= 4 is 28.9 Å². The van der Waals surface area contributed by atoms with Gasteiger partial charge in [0.25, 0.3) is 0 Å². The Morgan fingerprint density at radius 1 is 1.44 bits per heavy atom. The molecule has 8 heteroatoms. The molecule has 2 fully saturated rings. The molecule has 3 rings (SSSR count). The molecule has 2 heterocycles. The summed E-state index contributed by atoms with van der Waals surface area (Å²) in [4.78, 5) is 24.3. The molecule has 0 aliphatic carbocycles. The Morgan fingerprint density at radius 2 is 2.16 bits per heavy atom. The average molecular weight is 368 g/mol. The second-order valence-electron chi connectivity index (χ2n) is 6.38. The normalized spacial score (nSPS) is 26.4. The van der Waals surface area contributed by atoms with Gasteiger partial charge in [-0.2, -0.15) is 0 Å². The SMILES string of the molecule is CC(=O)NC[C@H]1CN(c2ccc([C@H]3CC[S@@+]([O-])CC3)c(F)c2)C(=O)O1. The topological polar surface area (TPSA) is 81.7 Å². The van der Waals surface area contributed by atoms with E-state index in [1.165, 1.54) is 17.9 Å². The fraction of sp³-hybridized carbons (Fsp3) is 0.529. The van der Waals surface area contributed by atoms with Crippen LogP contribution in [0.2, 0.25) is 0 Å². The molecule has 0 spiro atoms. The van der Waals surface area contributed by atoms with Crippen LogP contribution >= 0.6 is 0 Å². The molecule has 1 aromatic rings. The Balaban J connectivity index is 1.68. The lowest BCUT2D eigenvalue weighted by atomic mass is 9.93. The fourth-order valence-corrected chi connectivity index (χ4v) is 4.52. The Morgan fingerprint density at radius 3 is 2.80 bits per heavy atom. The molecule has 0 bridgehead atoms. The molecule has 0 aromatic heterocycles. The summed E-state index contributed by atoms with van der Waals surface area (Å²) < 4.78 is 31.2. The number of cyclic esters (lactones) is 1. The highest BCUT2D eigenvalue weighted by Gasteiger charge is 2.33. The van der Waals surface area contributed by atoms with Gasteiger partial charge in [0.1, 0.15) is 23.4 Å². The lowest BCUT2D eigenvalue weighted by Gasteiger charge is -2.25. The van der Waals surface area contributed by atoms with Crippen LogP contribution in [0.15, 0.2) is 18.2 Å². The highest BCUT2D eigenvalue weighted by atomic mass is 32.2. The molecule has 2 aliphatic rings. The molecule has 2 aliphatic heterocycles. The van der Waals surface area contributed by atoms with Gasteiger partial charge in [-0.25, -0.2) is 9.18 Å². The van der Waals surface area contributed by atoms with E-state index < -0.39 is 23.4 Å². The molecular weight excluding hydrogens is 347 g/mol. The number of halogens is 1. The second-order valence-corrected chi connectivity index (χ2v) is 8.08. The van der Waals surface area contributed by atoms with Crippen LogP contribution in [0.25, 0.3) is 0 Å². The first-order chi connectivity index (χ1) is 11.9. The minimum Gasteiger partial charge on any atom is -0.616 e. The predicted octanol–water partition coefficient (Wildman–Crippen LogP) is 1.91. The number of amides is 2. The number of anilines is 1. The molecule has 1 N–H and O–H groups in total. The van der Waals surface area contributed by atoms with E-state index in [0.717, 1.165) is 0 Å². The summed E-state index contributed by atoms with van der Waals surface area (Å²) in [6.07, 6.45) is 0.434. The standard InChI is InChI=1S/C17H21FN2O4S/c1-11(21)19-9-14-10-20(17(22)24-14)13-2-3-15(16(18)8-13)12-4-6-25(23)7-5-12/h2-3,8,12,14H,4-7,9-10H2,1H3,(H,19,21)/t12-,14-,25+/m0/s1. The van der Waals surface area contributed by atoms with Crippen molar-refractivity contribution in [3.63, 3.8) is 0 Å². The van der Waals surface area contributed by atoms with Crippen LogP contribution in [-0.2, 0) is 20.7 Å². The highest BCUT2D eigenvalue weighted by molar-refractivity contribution is 7.91. The first-order valence-electron chi connectivity index (χ1n) is 8.31. The number of rotatable bonds is 4. The summed E-state index contributed by atoms with van der Waals surface area (Å²) >= 11 is -0.784. The minimum absolute atomic E-state index is 0.0739. The zero-order valence-electron chi connectivity index (χ0n) is 14.0. The van der Waals surface area contributed by atoms with Gasteiger partial charge >= 0.3 is 6.09 Å². The van der Waals surface area contributed by atoms with Gasteiger partial charge in [-0.15, -0.1) is 0 Å². The molecule has 2 amide bonds. The minimum atomic E-state index is -0.784. The Bertz CT molecular complexity index is 664. The number of ether oxygens (including phenoxy) is 1. The van der Waals surface area contributed by atoms with Crippen LogP contribution in [0.3, 0.4) is 0 Å². The van der Waals surface area contributed by atoms with Gasteiger partial charge in [0.15, 0.2) is 0 Å². The van der Waals surface area contributed by atoms with E-state index in [2.05, 4.69) is 5.32 Å². The molecule has 0 unspecified atom stereocenters. The molecule has 2 saturated heterocycles. The second kappa shape index (κ2) is 7.61. The number of nitrogens with zero attached hydrogens (tertiary/aromatic N) is 1. The summed E-state index contributed by atoms with van der Waals surface area (Å²) in [6, 6.07) is 4.77. The van der Waals surface area contributed by atoms with Crippen LogP contribution in [0.4, 0.5) is 14.9 Å². The third-order valence-electron chi connectivity index (χ3n) is 4.58. The van der Waals surface area contributed by atoms with Crippen LogP contribution in [0, 0.1) is 5.82 Å². The largest absolute Gasteiger partial charge is 0.616 e. The molecule has 25 heavy (non-hydrogen) atoms. The van der Waals surface area contributed by atoms with Crippen molar-refractivity contribution < 1.29 is 23.3 Å². The lowest BCUT2D eigenvalue weighted by molar-refractivity contribution is -0.119. The van der Waals surface area contributed by atoms with Gasteiger partial charge in [0, 0.05) is 6.92 Å². The van der Waals surface area contributed by atoms with E-state index in [1.807, 2.05) is 0 Å². The van der Waals surface area contributed by atoms with Crippen LogP contribution in [-0.4, -0.2) is 47.3 Å². The number of carbonyl (C=O) groups is 2. The fourth-order valence-electron chi connectivity index (χ4n) is 3.22. The third kappa shape index (κ3) is 4.24. The highest BCUT2D eigenvalue weighted by Crippen LogP contribution is 2.33. The first-order valence-corrected chi connectivity index (χ1v) is 9.80. The van der Waals surface area contributed by atoms with E-state index in [9.17, 15) is 18.5 Å². The van der Waals surface area contributed by atoms with Gasteiger partial charge in [0.05, 0.1) is 18.8 Å². The Labute approximate surface area is 148 Å². The van der Waals surface area contributed by atoms with E-state index in [1.54, 1.807) is 12.1 Å². The maximum atomic E-state index is 14.6. The van der Waals surface area contributed by atoms with E-state index in [-0.39, 0.29) is 30.7 Å². The summed E-state index contributed by atoms with van der Waals surface area (Å²) in [5.74, 6) is 0.737. The molecule has 1 atom stereocenters. The van der Waals surface area contributed by atoms with Crippen molar-refractivity contribution in [1.29, 1.82) is 0 Å². The van der Waals surface area contributed by atoms with Crippen molar-refractivity contribution in [3.8, 4) is 0 Å². The van der Waals surface area contributed by atoms with Crippen LogP contribution in [0.5, 0.6) is 0 Å². The quantitative estimate of drug-likeness (QED) is 0.823. The molecule has 0 saturated carbocycles. The average Bonchev–Trinajstić information content (AvgIpc) is 2.95. The Kier molecular flexibility index (Phi) is 5.48. The zero-order valence-corrected chi connectivity index (χ0v) is 14.8. The number of benzene rings is 1. The lowest BCUT2D eigenvalue weighted by Crippen LogP contribution is -2.33. The maximum Gasteiger partial charge on any atom is 0.414 e. The predicted molar refractivity (Wildman–Crippen MR) is 92.6 cm³/mol. The molecular formula is C17H21FN2O4S. The smallest absolute Gasteiger partial charge is 0.414 e. The van der Waals surface area contributed by atoms with Crippen LogP contribution < -0.4 is 10.2 Å². The van der Waals surface area contributed by atoms with Crippen molar-refractivity contribution in [3.05, 3.63) is 29.6 Å². The van der Waals surface area contributed by atoms with Crippen molar-refractivity contribution in [2.75, 3.05) is 29.5 Å². The zero-order chi connectivity index (χ0) is 18.0. The molecule has 0 radical (unpaired) electrons. The number of hydrogen-bond donors (Lipinski definition) is 1. The number of hydrogen-bond acceptors (Lipinski definition) is 4.